The van der Waals surface area contributed by atoms with E-state index in [9.17, 15) is 0 Å². The summed E-state index contributed by atoms with van der Waals surface area (Å²) in [7, 11) is 0. The van der Waals surface area contributed by atoms with Gasteiger partial charge in [0.2, 0.25) is 0 Å². The number of hydrogen-bond donors (Lipinski definition) is 1. The zero-order valence-electron chi connectivity index (χ0n) is 4.41. The first-order valence-electron chi connectivity index (χ1n) is 2.36. The molecule has 0 bridgehead atoms. The molecule has 1 rings (SSSR count). The average molecular weight is 109 g/mol. The van der Waals surface area contributed by atoms with Crippen molar-refractivity contribution in [2.24, 2.45) is 15.7 Å². The molecule has 0 fully saturated rings. The lowest BCUT2D eigenvalue weighted by molar-refractivity contribution is 1.18. The van der Waals surface area contributed by atoms with Gasteiger partial charge in [-0.1, -0.05) is 0 Å². The second-order valence-corrected chi connectivity index (χ2v) is 1.48. The summed E-state index contributed by atoms with van der Waals surface area (Å²) in [6.07, 6.45) is 4.74. The predicted molar refractivity (Wildman–Crippen MR) is 34.1 cm³/mol. The maximum Gasteiger partial charge on any atom is 0.110 e. The lowest BCUT2D eigenvalue weighted by Gasteiger charge is -1.96. The standard InChI is InChI=1S/C5H7N3/c6-1-5-2-7-4-8-3-5/h1-2,4H,3,6H2. The number of rotatable bonds is 0. The Labute approximate surface area is 47.6 Å². The van der Waals surface area contributed by atoms with E-state index in [-0.39, 0.29) is 0 Å². The van der Waals surface area contributed by atoms with E-state index >= 15 is 0 Å². The normalized spacial score (nSPS) is 22.2. The number of nitrogens with two attached hydrogens (primary N) is 1. The molecular weight excluding hydrogens is 102 g/mol. The molecule has 0 aliphatic carbocycles. The Hall–Kier alpha value is -1.12. The lowest BCUT2D eigenvalue weighted by atomic mass is 10.3. The molecule has 0 amide bonds. The molecule has 1 heterocycles. The van der Waals surface area contributed by atoms with Gasteiger partial charge in [0.15, 0.2) is 0 Å². The van der Waals surface area contributed by atoms with Gasteiger partial charge in [-0.2, -0.15) is 0 Å². The highest BCUT2D eigenvalue weighted by atomic mass is 14.9. The topological polar surface area (TPSA) is 50.7 Å². The van der Waals surface area contributed by atoms with Gasteiger partial charge in [0, 0.05) is 18.0 Å². The summed E-state index contributed by atoms with van der Waals surface area (Å²) in [6, 6.07) is 0. The van der Waals surface area contributed by atoms with Crippen LogP contribution in [-0.2, 0) is 0 Å². The molecule has 0 saturated carbocycles. The molecule has 0 spiro atoms. The highest BCUT2D eigenvalue weighted by Gasteiger charge is 1.90. The minimum absolute atomic E-state index is 0.667. The van der Waals surface area contributed by atoms with E-state index in [4.69, 9.17) is 5.73 Å². The Balaban J connectivity index is 2.66. The fourth-order valence-corrected chi connectivity index (χ4v) is 0.459. The highest BCUT2D eigenvalue weighted by Crippen LogP contribution is 1.91. The maximum absolute atomic E-state index is 5.18. The van der Waals surface area contributed by atoms with Gasteiger partial charge in [-0.25, -0.2) is 4.99 Å². The van der Waals surface area contributed by atoms with Gasteiger partial charge >= 0.3 is 0 Å². The summed E-state index contributed by atoms with van der Waals surface area (Å²) in [6.45, 7) is 0.667. The van der Waals surface area contributed by atoms with E-state index < -0.39 is 0 Å². The van der Waals surface area contributed by atoms with Crippen LogP contribution >= 0.6 is 0 Å². The number of nitrogens with zero attached hydrogens (tertiary/aromatic N) is 2. The van der Waals surface area contributed by atoms with Crippen molar-refractivity contribution in [2.75, 3.05) is 6.54 Å². The number of hydrogen-bond acceptors (Lipinski definition) is 3. The van der Waals surface area contributed by atoms with Gasteiger partial charge < -0.3 is 5.73 Å². The van der Waals surface area contributed by atoms with E-state index in [1.54, 1.807) is 6.21 Å². The van der Waals surface area contributed by atoms with Gasteiger partial charge in [-0.05, 0) is 0 Å². The quantitative estimate of drug-likeness (QED) is 0.465. The molecule has 0 atom stereocenters. The molecule has 1 aliphatic rings. The average Bonchev–Trinajstić information content (AvgIpc) is 1.90. The van der Waals surface area contributed by atoms with Crippen molar-refractivity contribution in [1.29, 1.82) is 0 Å². The summed E-state index contributed by atoms with van der Waals surface area (Å²) >= 11 is 0. The fourth-order valence-electron chi connectivity index (χ4n) is 0.459. The largest absolute Gasteiger partial charge is 0.404 e. The van der Waals surface area contributed by atoms with Crippen LogP contribution < -0.4 is 5.73 Å². The molecule has 0 aromatic carbocycles. The Morgan fingerprint density at radius 3 is 3.00 bits per heavy atom. The van der Waals surface area contributed by atoms with E-state index in [1.165, 1.54) is 12.5 Å². The SMILES string of the molecule is NC=C1C=NC=NC1. The van der Waals surface area contributed by atoms with Gasteiger partial charge in [0.25, 0.3) is 0 Å². The molecule has 2 N–H and O–H groups in total. The second kappa shape index (κ2) is 2.26. The van der Waals surface area contributed by atoms with Crippen LogP contribution in [0, 0.1) is 0 Å². The fraction of sp³-hybridized carbons (Fsp3) is 0.200. The highest BCUT2D eigenvalue weighted by molar-refractivity contribution is 5.87. The van der Waals surface area contributed by atoms with Crippen LogP contribution in [0.4, 0.5) is 0 Å². The van der Waals surface area contributed by atoms with Crippen LogP contribution in [0.2, 0.25) is 0 Å². The van der Waals surface area contributed by atoms with Gasteiger partial charge in [0.05, 0.1) is 6.54 Å². The van der Waals surface area contributed by atoms with Crippen LogP contribution in [0.25, 0.3) is 0 Å². The minimum atomic E-state index is 0.667. The molecule has 0 radical (unpaired) electrons. The summed E-state index contributed by atoms with van der Waals surface area (Å²) in [5, 5.41) is 0. The minimum Gasteiger partial charge on any atom is -0.404 e. The third-order valence-corrected chi connectivity index (χ3v) is 0.877. The molecule has 1 aliphatic heterocycles. The van der Waals surface area contributed by atoms with Crippen molar-refractivity contribution in [3.05, 3.63) is 11.8 Å². The summed E-state index contributed by atoms with van der Waals surface area (Å²) in [5.41, 5.74) is 6.14. The van der Waals surface area contributed by atoms with E-state index in [0.29, 0.717) is 6.54 Å². The Morgan fingerprint density at radius 2 is 2.62 bits per heavy atom. The Kier molecular flexibility index (Phi) is 1.42. The zero-order chi connectivity index (χ0) is 5.82. The zero-order valence-corrected chi connectivity index (χ0v) is 4.41. The third-order valence-electron chi connectivity index (χ3n) is 0.877. The van der Waals surface area contributed by atoms with Gasteiger partial charge in [-0.3, -0.25) is 4.99 Å². The van der Waals surface area contributed by atoms with E-state index in [2.05, 4.69) is 9.98 Å². The van der Waals surface area contributed by atoms with Crippen molar-refractivity contribution in [1.82, 2.24) is 0 Å². The number of aliphatic imine (C=N–C) groups is 2. The molecule has 0 saturated heterocycles. The van der Waals surface area contributed by atoms with Crippen molar-refractivity contribution in [3.8, 4) is 0 Å². The van der Waals surface area contributed by atoms with Crippen LogP contribution in [0.5, 0.6) is 0 Å². The molecular formula is C5H7N3. The van der Waals surface area contributed by atoms with Crippen LogP contribution in [0.3, 0.4) is 0 Å². The Morgan fingerprint density at radius 1 is 1.75 bits per heavy atom. The smallest absolute Gasteiger partial charge is 0.110 e. The van der Waals surface area contributed by atoms with Gasteiger partial charge in [-0.15, -0.1) is 0 Å². The van der Waals surface area contributed by atoms with Crippen molar-refractivity contribution in [2.45, 2.75) is 0 Å². The van der Waals surface area contributed by atoms with E-state index in [0.717, 1.165) is 5.57 Å². The molecule has 8 heavy (non-hydrogen) atoms. The van der Waals surface area contributed by atoms with Crippen LogP contribution in [0.1, 0.15) is 0 Å². The predicted octanol–water partition coefficient (Wildman–Crippen LogP) is -0.0583. The van der Waals surface area contributed by atoms with Crippen molar-refractivity contribution >= 4 is 12.6 Å². The monoisotopic (exact) mass is 109 g/mol. The summed E-state index contributed by atoms with van der Waals surface area (Å²) < 4.78 is 0. The van der Waals surface area contributed by atoms with Gasteiger partial charge in [0.1, 0.15) is 6.34 Å². The molecule has 3 heteroatoms. The second-order valence-electron chi connectivity index (χ2n) is 1.48. The molecule has 3 nitrogen and oxygen atoms in total. The Bertz CT molecular complexity index is 155. The first-order valence-corrected chi connectivity index (χ1v) is 2.36. The molecule has 0 aromatic rings. The van der Waals surface area contributed by atoms with Crippen molar-refractivity contribution in [3.63, 3.8) is 0 Å². The third kappa shape index (κ3) is 0.932. The first kappa shape index (κ1) is 5.03. The molecule has 42 valence electrons. The van der Waals surface area contributed by atoms with Crippen LogP contribution in [-0.4, -0.2) is 19.1 Å². The summed E-state index contributed by atoms with van der Waals surface area (Å²) in [5.74, 6) is 0. The molecule has 0 unspecified atom stereocenters. The van der Waals surface area contributed by atoms with E-state index in [1.807, 2.05) is 0 Å². The summed E-state index contributed by atoms with van der Waals surface area (Å²) in [4.78, 5) is 7.62. The van der Waals surface area contributed by atoms with Crippen LogP contribution in [0.15, 0.2) is 21.8 Å². The first-order chi connectivity index (χ1) is 3.93. The van der Waals surface area contributed by atoms with Crippen molar-refractivity contribution < 1.29 is 0 Å². The lowest BCUT2D eigenvalue weighted by Crippen LogP contribution is -1.98. The maximum atomic E-state index is 5.18. The molecule has 0 aromatic heterocycles.